The molecule has 0 atom stereocenters. The SMILES string of the molecule is CC(C)(C)OC(=O)N1CCC(Oc2ccc(Br)nc2)CC1. The Morgan fingerprint density at radius 3 is 2.52 bits per heavy atom. The Kier molecular flexibility index (Phi) is 5.08. The lowest BCUT2D eigenvalue weighted by Gasteiger charge is -2.33. The van der Waals surface area contributed by atoms with Crippen LogP contribution in [-0.2, 0) is 4.74 Å². The molecule has 1 saturated heterocycles. The highest BCUT2D eigenvalue weighted by Gasteiger charge is 2.27. The highest BCUT2D eigenvalue weighted by molar-refractivity contribution is 9.10. The van der Waals surface area contributed by atoms with E-state index in [-0.39, 0.29) is 12.2 Å². The van der Waals surface area contributed by atoms with Gasteiger partial charge in [0.1, 0.15) is 22.1 Å². The van der Waals surface area contributed by atoms with E-state index in [0.29, 0.717) is 13.1 Å². The highest BCUT2D eigenvalue weighted by atomic mass is 79.9. The third-order valence-electron chi connectivity index (χ3n) is 3.10. The molecule has 0 aliphatic carbocycles. The maximum Gasteiger partial charge on any atom is 0.410 e. The van der Waals surface area contributed by atoms with E-state index < -0.39 is 5.60 Å². The zero-order chi connectivity index (χ0) is 15.5. The molecule has 0 spiro atoms. The van der Waals surface area contributed by atoms with E-state index in [1.165, 1.54) is 0 Å². The minimum absolute atomic E-state index is 0.117. The predicted molar refractivity (Wildman–Crippen MR) is 83.4 cm³/mol. The summed E-state index contributed by atoms with van der Waals surface area (Å²) in [5.74, 6) is 0.758. The summed E-state index contributed by atoms with van der Waals surface area (Å²) in [4.78, 5) is 17.8. The van der Waals surface area contributed by atoms with E-state index in [0.717, 1.165) is 23.2 Å². The summed E-state index contributed by atoms with van der Waals surface area (Å²) >= 11 is 3.29. The van der Waals surface area contributed by atoms with Crippen LogP contribution in [0.1, 0.15) is 33.6 Å². The van der Waals surface area contributed by atoms with Crippen LogP contribution in [0, 0.1) is 0 Å². The Balaban J connectivity index is 1.80. The molecule has 0 aromatic carbocycles. The Hall–Kier alpha value is -1.30. The fraction of sp³-hybridized carbons (Fsp3) is 0.600. The van der Waals surface area contributed by atoms with Gasteiger partial charge in [-0.2, -0.15) is 0 Å². The molecule has 1 aliphatic rings. The maximum absolute atomic E-state index is 12.0. The van der Waals surface area contributed by atoms with Crippen molar-refractivity contribution in [1.29, 1.82) is 0 Å². The minimum Gasteiger partial charge on any atom is -0.489 e. The molecule has 1 aromatic heterocycles. The van der Waals surface area contributed by atoms with Gasteiger partial charge in [-0.05, 0) is 48.8 Å². The highest BCUT2D eigenvalue weighted by Crippen LogP contribution is 2.21. The summed E-state index contributed by atoms with van der Waals surface area (Å²) in [5.41, 5.74) is -0.451. The summed E-state index contributed by atoms with van der Waals surface area (Å²) in [6.07, 6.45) is 3.17. The number of aromatic nitrogens is 1. The number of carbonyl (C=O) groups excluding carboxylic acids is 1. The molecule has 1 aliphatic heterocycles. The molecule has 1 aromatic rings. The van der Waals surface area contributed by atoms with E-state index in [1.807, 2.05) is 32.9 Å². The fourth-order valence-electron chi connectivity index (χ4n) is 2.11. The average Bonchev–Trinajstić information content (AvgIpc) is 2.40. The van der Waals surface area contributed by atoms with Crippen LogP contribution in [-0.4, -0.2) is 40.8 Å². The van der Waals surface area contributed by atoms with E-state index >= 15 is 0 Å². The number of likely N-dealkylation sites (tertiary alicyclic amines) is 1. The molecular weight excluding hydrogens is 336 g/mol. The molecule has 2 rings (SSSR count). The molecule has 1 fully saturated rings. The Morgan fingerprint density at radius 1 is 1.33 bits per heavy atom. The first-order chi connectivity index (χ1) is 9.83. The molecule has 2 heterocycles. The van der Waals surface area contributed by atoms with Crippen molar-refractivity contribution in [2.75, 3.05) is 13.1 Å². The zero-order valence-electron chi connectivity index (χ0n) is 12.6. The molecule has 0 N–H and O–H groups in total. The van der Waals surface area contributed by atoms with Gasteiger partial charge >= 0.3 is 6.09 Å². The molecule has 0 saturated carbocycles. The van der Waals surface area contributed by atoms with Crippen molar-refractivity contribution in [1.82, 2.24) is 9.88 Å². The summed E-state index contributed by atoms with van der Waals surface area (Å²) in [7, 11) is 0. The quantitative estimate of drug-likeness (QED) is 0.759. The zero-order valence-corrected chi connectivity index (χ0v) is 14.2. The van der Waals surface area contributed by atoms with Crippen molar-refractivity contribution in [2.45, 2.75) is 45.3 Å². The first-order valence-corrected chi connectivity index (χ1v) is 7.89. The van der Waals surface area contributed by atoms with Crippen molar-refractivity contribution in [3.63, 3.8) is 0 Å². The van der Waals surface area contributed by atoms with Gasteiger partial charge in [-0.25, -0.2) is 9.78 Å². The number of amides is 1. The number of pyridine rings is 1. The van der Waals surface area contributed by atoms with Crippen molar-refractivity contribution >= 4 is 22.0 Å². The second-order valence-corrected chi connectivity index (χ2v) is 6.91. The van der Waals surface area contributed by atoms with E-state index in [1.54, 1.807) is 11.1 Å². The normalized spacial score (nSPS) is 16.7. The van der Waals surface area contributed by atoms with Crippen molar-refractivity contribution in [3.05, 3.63) is 22.9 Å². The van der Waals surface area contributed by atoms with Crippen LogP contribution in [0.25, 0.3) is 0 Å². The number of hydrogen-bond acceptors (Lipinski definition) is 4. The second-order valence-electron chi connectivity index (χ2n) is 6.10. The number of nitrogens with zero attached hydrogens (tertiary/aromatic N) is 2. The van der Waals surface area contributed by atoms with Gasteiger partial charge in [0.2, 0.25) is 0 Å². The van der Waals surface area contributed by atoms with E-state index in [9.17, 15) is 4.79 Å². The van der Waals surface area contributed by atoms with Crippen molar-refractivity contribution < 1.29 is 14.3 Å². The first-order valence-electron chi connectivity index (χ1n) is 7.09. The monoisotopic (exact) mass is 356 g/mol. The summed E-state index contributed by atoms with van der Waals surface area (Å²) in [6.45, 7) is 6.94. The van der Waals surface area contributed by atoms with Crippen LogP contribution in [0.3, 0.4) is 0 Å². The van der Waals surface area contributed by atoms with Gasteiger partial charge in [0.05, 0.1) is 6.20 Å². The lowest BCUT2D eigenvalue weighted by Crippen LogP contribution is -2.44. The Labute approximate surface area is 133 Å². The molecule has 0 bridgehead atoms. The lowest BCUT2D eigenvalue weighted by atomic mass is 10.1. The maximum atomic E-state index is 12.0. The van der Waals surface area contributed by atoms with Crippen LogP contribution in [0.2, 0.25) is 0 Å². The Morgan fingerprint density at radius 2 is 2.00 bits per heavy atom. The minimum atomic E-state index is -0.451. The molecule has 21 heavy (non-hydrogen) atoms. The van der Waals surface area contributed by atoms with Gasteiger partial charge in [-0.3, -0.25) is 0 Å². The number of rotatable bonds is 2. The van der Waals surface area contributed by atoms with Gasteiger partial charge in [0, 0.05) is 25.9 Å². The number of piperidine rings is 1. The summed E-state index contributed by atoms with van der Waals surface area (Å²) in [5, 5.41) is 0. The van der Waals surface area contributed by atoms with Gasteiger partial charge < -0.3 is 14.4 Å². The molecule has 6 heteroatoms. The van der Waals surface area contributed by atoms with Gasteiger partial charge in [-0.1, -0.05) is 0 Å². The largest absolute Gasteiger partial charge is 0.489 e. The lowest BCUT2D eigenvalue weighted by molar-refractivity contribution is 0.0126. The third-order valence-corrected chi connectivity index (χ3v) is 3.57. The number of ether oxygens (including phenoxy) is 2. The smallest absolute Gasteiger partial charge is 0.410 e. The molecule has 0 radical (unpaired) electrons. The van der Waals surface area contributed by atoms with Crippen LogP contribution in [0.5, 0.6) is 5.75 Å². The molecule has 5 nitrogen and oxygen atoms in total. The molecule has 116 valence electrons. The summed E-state index contributed by atoms with van der Waals surface area (Å²) < 4.78 is 12.0. The molecule has 0 unspecified atom stereocenters. The van der Waals surface area contributed by atoms with E-state index in [2.05, 4.69) is 20.9 Å². The van der Waals surface area contributed by atoms with Gasteiger partial charge in [0.25, 0.3) is 0 Å². The third kappa shape index (κ3) is 5.19. The number of hydrogen-bond donors (Lipinski definition) is 0. The molecule has 1 amide bonds. The predicted octanol–water partition coefficient (Wildman–Crippen LogP) is 3.62. The number of carbonyl (C=O) groups is 1. The van der Waals surface area contributed by atoms with Gasteiger partial charge in [-0.15, -0.1) is 0 Å². The van der Waals surface area contributed by atoms with Crippen molar-refractivity contribution in [3.8, 4) is 5.75 Å². The second kappa shape index (κ2) is 6.64. The topological polar surface area (TPSA) is 51.7 Å². The first kappa shape index (κ1) is 16.1. The van der Waals surface area contributed by atoms with Crippen LogP contribution < -0.4 is 4.74 Å². The molecular formula is C15H21BrN2O3. The van der Waals surface area contributed by atoms with Crippen LogP contribution in [0.15, 0.2) is 22.9 Å². The Bertz CT molecular complexity index is 477. The van der Waals surface area contributed by atoms with Crippen molar-refractivity contribution in [2.24, 2.45) is 0 Å². The summed E-state index contributed by atoms with van der Waals surface area (Å²) in [6, 6.07) is 3.74. The average molecular weight is 357 g/mol. The fourth-order valence-corrected chi connectivity index (χ4v) is 2.34. The number of halogens is 1. The van der Waals surface area contributed by atoms with Gasteiger partial charge in [0.15, 0.2) is 0 Å². The standard InChI is InChI=1S/C15H21BrN2O3/c1-15(2,3)21-14(19)18-8-6-11(7-9-18)20-12-4-5-13(16)17-10-12/h4-5,10-11H,6-9H2,1-3H3. The van der Waals surface area contributed by atoms with E-state index in [4.69, 9.17) is 9.47 Å². The van der Waals surface area contributed by atoms with Crippen LogP contribution in [0.4, 0.5) is 4.79 Å². The van der Waals surface area contributed by atoms with Crippen LogP contribution >= 0.6 is 15.9 Å².